The summed E-state index contributed by atoms with van der Waals surface area (Å²) in [5, 5.41) is 0. The van der Waals surface area contributed by atoms with Crippen LogP contribution >= 0.6 is 0 Å². The summed E-state index contributed by atoms with van der Waals surface area (Å²) in [4.78, 5) is 0. The topological polar surface area (TPSA) is 0 Å². The average Bonchev–Trinajstić information content (AvgIpc) is 1.91. The molecule has 0 radical (unpaired) electrons. The minimum absolute atomic E-state index is 0. The van der Waals surface area contributed by atoms with E-state index in [0.29, 0.717) is 0 Å². The van der Waals surface area contributed by atoms with Gasteiger partial charge in [0.25, 0.3) is 0 Å². The van der Waals surface area contributed by atoms with Gasteiger partial charge in [0.1, 0.15) is 0 Å². The largest absolute Gasteiger partial charge is 1.00 e. The average molecular weight is 342 g/mol. The molecule has 0 unspecified atom stereocenters. The molecule has 0 aromatic rings. The maximum atomic E-state index is 2.20. The van der Waals surface area contributed by atoms with Crippen LogP contribution in [0.2, 0.25) is 0 Å². The molecule has 0 aromatic carbocycles. The van der Waals surface area contributed by atoms with Crippen molar-refractivity contribution < 1.29 is 43.7 Å². The van der Waals surface area contributed by atoms with Gasteiger partial charge in [-0.1, -0.05) is 0 Å². The van der Waals surface area contributed by atoms with Crippen molar-refractivity contribution in [3.05, 3.63) is 21.8 Å². The Bertz CT molecular complexity index is 138. The molecule has 9 heavy (non-hydrogen) atoms. The fraction of sp³-hybridized carbons (Fsp3) is 0.333. The minimum atomic E-state index is 0. The summed E-state index contributed by atoms with van der Waals surface area (Å²) in [6.07, 6.45) is 5.55. The zero-order chi connectivity index (χ0) is 5.28. The van der Waals surface area contributed by atoms with Gasteiger partial charge in [-0.2, -0.15) is 0 Å². The third-order valence-corrected chi connectivity index (χ3v) is 2.50. The Balaban J connectivity index is 0. The van der Waals surface area contributed by atoms with E-state index in [1.165, 1.54) is 16.1 Å². The van der Waals surface area contributed by atoms with Gasteiger partial charge in [0.05, 0.1) is 0 Å². The van der Waals surface area contributed by atoms with Crippen molar-refractivity contribution in [3.8, 4) is 0 Å². The van der Waals surface area contributed by atoms with Crippen LogP contribution in [0.1, 0.15) is 13.3 Å². The Morgan fingerprint density at radius 1 is 1.44 bits per heavy atom. The van der Waals surface area contributed by atoms with Gasteiger partial charge < -0.3 is 24.8 Å². The van der Waals surface area contributed by atoms with E-state index in [9.17, 15) is 0 Å². The molecule has 0 spiro atoms. The van der Waals surface area contributed by atoms with Crippen LogP contribution in [0.5, 0.6) is 0 Å². The molecule has 0 bridgehead atoms. The molecule has 1 aliphatic rings. The molecular formula is C6H7Cl2Ir. The summed E-state index contributed by atoms with van der Waals surface area (Å²) in [6.45, 7) is 2.15. The molecule has 0 atom stereocenters. The van der Waals surface area contributed by atoms with E-state index in [-0.39, 0.29) is 24.8 Å². The van der Waals surface area contributed by atoms with Gasteiger partial charge in [0, 0.05) is 0 Å². The maximum absolute atomic E-state index is 2.20. The fourth-order valence-electron chi connectivity index (χ4n) is 0.582. The Kier molecular flexibility index (Phi) is 7.56. The van der Waals surface area contributed by atoms with Crippen LogP contribution in [0.15, 0.2) is 21.8 Å². The first-order valence-corrected chi connectivity index (χ1v) is 3.50. The zero-order valence-electron chi connectivity index (χ0n) is 4.95. The van der Waals surface area contributed by atoms with E-state index in [4.69, 9.17) is 0 Å². The molecule has 0 aliphatic heterocycles. The van der Waals surface area contributed by atoms with Crippen LogP contribution in [0, 0.1) is 0 Å². The normalized spacial score (nSPS) is 14.9. The molecule has 0 heterocycles. The number of hydrogen-bond acceptors (Lipinski definition) is 0. The Morgan fingerprint density at radius 2 is 2.00 bits per heavy atom. The van der Waals surface area contributed by atoms with Crippen molar-refractivity contribution in [1.29, 1.82) is 0 Å². The number of hydrogen-bond donors (Lipinski definition) is 0. The Labute approximate surface area is 78.8 Å². The summed E-state index contributed by atoms with van der Waals surface area (Å²) < 4.78 is 1.51. The van der Waals surface area contributed by atoms with Crippen molar-refractivity contribution in [2.24, 2.45) is 0 Å². The maximum Gasteiger partial charge on any atom is -1.00 e. The van der Waals surface area contributed by atoms with Gasteiger partial charge >= 0.3 is 54.1 Å². The second-order valence-corrected chi connectivity index (χ2v) is 3.11. The number of halogens is 2. The van der Waals surface area contributed by atoms with Crippen molar-refractivity contribution in [2.45, 2.75) is 13.3 Å². The first-order valence-electron chi connectivity index (χ1n) is 2.30. The summed E-state index contributed by atoms with van der Waals surface area (Å²) in [5.41, 5.74) is 1.44. The van der Waals surface area contributed by atoms with E-state index in [0.717, 1.165) is 0 Å². The summed E-state index contributed by atoms with van der Waals surface area (Å²) in [5.74, 6) is 0. The van der Waals surface area contributed by atoms with E-state index in [2.05, 4.69) is 38.0 Å². The quantitative estimate of drug-likeness (QED) is 0.419. The van der Waals surface area contributed by atoms with Crippen LogP contribution in [0.3, 0.4) is 0 Å². The van der Waals surface area contributed by atoms with Crippen molar-refractivity contribution in [1.82, 2.24) is 0 Å². The molecular weight excluding hydrogens is 335 g/mol. The SMILES string of the molecule is CC1=[C]([Ir+2])CC=C1.[Cl-].[Cl-]. The molecule has 0 saturated heterocycles. The monoisotopic (exact) mass is 342 g/mol. The number of allylic oxidation sites excluding steroid dienone is 4. The Morgan fingerprint density at radius 3 is 2.11 bits per heavy atom. The second kappa shape index (κ2) is 5.49. The van der Waals surface area contributed by atoms with Crippen LogP contribution in [0.25, 0.3) is 0 Å². The zero-order valence-corrected chi connectivity index (χ0v) is 8.86. The number of rotatable bonds is 0. The summed E-state index contributed by atoms with van der Waals surface area (Å²) in [7, 11) is 0. The van der Waals surface area contributed by atoms with Crippen LogP contribution in [-0.4, -0.2) is 0 Å². The van der Waals surface area contributed by atoms with Crippen LogP contribution < -0.4 is 24.8 Å². The predicted molar refractivity (Wildman–Crippen MR) is 26.5 cm³/mol. The van der Waals surface area contributed by atoms with Gasteiger partial charge in [0.15, 0.2) is 0 Å². The van der Waals surface area contributed by atoms with Crippen LogP contribution in [-0.2, 0) is 18.9 Å². The first-order chi connectivity index (χ1) is 3.30. The van der Waals surface area contributed by atoms with Gasteiger partial charge in [0.2, 0.25) is 0 Å². The molecule has 54 valence electrons. The standard InChI is InChI=1S/C6H7.2ClH.Ir/c1-6-4-2-3-5-6;;;/h2,4H,3H2,1H3;2*1H;/q;;;+2/p-2. The predicted octanol–water partition coefficient (Wildman–Crippen LogP) is -4.22. The van der Waals surface area contributed by atoms with E-state index < -0.39 is 0 Å². The Hall–Kier alpha value is 0.709. The molecule has 0 amide bonds. The third kappa shape index (κ3) is 3.42. The molecule has 1 rings (SSSR count). The van der Waals surface area contributed by atoms with Gasteiger partial charge in [-0.05, 0) is 0 Å². The van der Waals surface area contributed by atoms with E-state index in [1.54, 1.807) is 0 Å². The van der Waals surface area contributed by atoms with Gasteiger partial charge in [-0.3, -0.25) is 0 Å². The third-order valence-electron chi connectivity index (χ3n) is 1.07. The molecule has 0 aromatic heterocycles. The molecule has 1 aliphatic carbocycles. The fourth-order valence-corrected chi connectivity index (χ4v) is 1.06. The van der Waals surface area contributed by atoms with Crippen molar-refractivity contribution in [3.63, 3.8) is 0 Å². The first kappa shape index (κ1) is 12.4. The molecule has 0 saturated carbocycles. The molecule has 0 nitrogen and oxygen atoms in total. The van der Waals surface area contributed by atoms with Crippen molar-refractivity contribution in [2.75, 3.05) is 0 Å². The van der Waals surface area contributed by atoms with E-state index in [1.807, 2.05) is 0 Å². The van der Waals surface area contributed by atoms with E-state index >= 15 is 0 Å². The molecule has 3 heteroatoms. The minimum Gasteiger partial charge on any atom is -1.00 e. The van der Waals surface area contributed by atoms with Crippen molar-refractivity contribution >= 4 is 0 Å². The molecule has 0 N–H and O–H groups in total. The smallest absolute Gasteiger partial charge is 1.00 e. The molecule has 0 fully saturated rings. The van der Waals surface area contributed by atoms with Crippen LogP contribution in [0.4, 0.5) is 0 Å². The van der Waals surface area contributed by atoms with Gasteiger partial charge in [-0.25, -0.2) is 0 Å². The summed E-state index contributed by atoms with van der Waals surface area (Å²) >= 11 is 2.18. The van der Waals surface area contributed by atoms with Gasteiger partial charge in [-0.15, -0.1) is 0 Å². The second-order valence-electron chi connectivity index (χ2n) is 1.67. The summed E-state index contributed by atoms with van der Waals surface area (Å²) in [6, 6.07) is 0.